The number of hydrogen-bond donors (Lipinski definition) is 0. The molecule has 1 aliphatic rings. The van der Waals surface area contributed by atoms with E-state index < -0.39 is 0 Å². The number of likely N-dealkylation sites (tertiary alicyclic amines) is 1. The number of carbonyl (C=O) groups is 1. The average Bonchev–Trinajstić information content (AvgIpc) is 3.33. The zero-order chi connectivity index (χ0) is 17.9. The molecule has 4 rings (SSSR count). The lowest BCUT2D eigenvalue weighted by Gasteiger charge is -2.22. The summed E-state index contributed by atoms with van der Waals surface area (Å²) in [6.07, 6.45) is 6.87. The lowest BCUT2D eigenvalue weighted by molar-refractivity contribution is 0.0714. The van der Waals surface area contributed by atoms with E-state index in [9.17, 15) is 9.18 Å². The molecule has 0 saturated carbocycles. The van der Waals surface area contributed by atoms with Gasteiger partial charge in [-0.1, -0.05) is 12.1 Å². The van der Waals surface area contributed by atoms with Crippen molar-refractivity contribution in [3.63, 3.8) is 0 Å². The summed E-state index contributed by atoms with van der Waals surface area (Å²) in [5, 5.41) is 7.47. The van der Waals surface area contributed by atoms with Crippen LogP contribution in [0.25, 0.3) is 0 Å². The van der Waals surface area contributed by atoms with Crippen molar-refractivity contribution >= 4 is 5.91 Å². The van der Waals surface area contributed by atoms with Crippen molar-refractivity contribution in [3.05, 3.63) is 77.5 Å². The molecule has 7 heteroatoms. The molecule has 1 amide bonds. The van der Waals surface area contributed by atoms with Gasteiger partial charge in [0.2, 0.25) is 5.89 Å². The molecule has 1 fully saturated rings. The summed E-state index contributed by atoms with van der Waals surface area (Å²) in [4.78, 5) is 18.9. The molecule has 0 unspecified atom stereocenters. The third-order valence-electron chi connectivity index (χ3n) is 4.49. The lowest BCUT2D eigenvalue weighted by Crippen LogP contribution is -2.30. The van der Waals surface area contributed by atoms with Gasteiger partial charge in [0.15, 0.2) is 0 Å². The molecule has 0 N–H and O–H groups in total. The van der Waals surface area contributed by atoms with E-state index in [1.165, 1.54) is 24.5 Å². The highest BCUT2D eigenvalue weighted by atomic mass is 19.1. The largest absolute Gasteiger partial charge is 0.443 e. The van der Waals surface area contributed by atoms with E-state index >= 15 is 0 Å². The van der Waals surface area contributed by atoms with Gasteiger partial charge in [-0.05, 0) is 36.6 Å². The second kappa shape index (κ2) is 7.03. The van der Waals surface area contributed by atoms with Crippen molar-refractivity contribution in [2.45, 2.75) is 25.3 Å². The van der Waals surface area contributed by atoms with Gasteiger partial charge >= 0.3 is 0 Å². The normalized spacial score (nSPS) is 16.8. The SMILES string of the molecule is O=C(c1ccnnc1)N1CCC[C@@H]1c1ncc(Cc2ccc(F)cc2)o1. The maximum absolute atomic E-state index is 13.0. The monoisotopic (exact) mass is 352 g/mol. The van der Waals surface area contributed by atoms with Gasteiger partial charge in [-0.2, -0.15) is 10.2 Å². The van der Waals surface area contributed by atoms with Crippen molar-refractivity contribution < 1.29 is 13.6 Å². The Balaban J connectivity index is 1.51. The van der Waals surface area contributed by atoms with E-state index in [4.69, 9.17) is 4.42 Å². The summed E-state index contributed by atoms with van der Waals surface area (Å²) in [6.45, 7) is 0.654. The number of rotatable bonds is 4. The Kier molecular flexibility index (Phi) is 4.43. The third kappa shape index (κ3) is 3.33. The molecule has 6 nitrogen and oxygen atoms in total. The first-order valence-electron chi connectivity index (χ1n) is 8.47. The smallest absolute Gasteiger partial charge is 0.256 e. The number of halogens is 1. The molecule has 1 saturated heterocycles. The van der Waals surface area contributed by atoms with Crippen molar-refractivity contribution in [2.24, 2.45) is 0 Å². The minimum Gasteiger partial charge on any atom is -0.443 e. The van der Waals surface area contributed by atoms with Crippen molar-refractivity contribution in [1.29, 1.82) is 0 Å². The molecule has 26 heavy (non-hydrogen) atoms. The van der Waals surface area contributed by atoms with Crippen LogP contribution >= 0.6 is 0 Å². The van der Waals surface area contributed by atoms with Gasteiger partial charge in [0.05, 0.1) is 24.2 Å². The summed E-state index contributed by atoms with van der Waals surface area (Å²) < 4.78 is 18.9. The first-order valence-corrected chi connectivity index (χ1v) is 8.47. The van der Waals surface area contributed by atoms with Crippen molar-refractivity contribution in [1.82, 2.24) is 20.1 Å². The van der Waals surface area contributed by atoms with Crippen LogP contribution < -0.4 is 0 Å². The van der Waals surface area contributed by atoms with Gasteiger partial charge in [-0.3, -0.25) is 4.79 Å². The first-order chi connectivity index (χ1) is 12.7. The highest BCUT2D eigenvalue weighted by Gasteiger charge is 2.33. The van der Waals surface area contributed by atoms with E-state index in [-0.39, 0.29) is 17.8 Å². The lowest BCUT2D eigenvalue weighted by atomic mass is 10.1. The molecule has 1 atom stereocenters. The Bertz CT molecular complexity index is 895. The molecule has 132 valence electrons. The molecule has 0 bridgehead atoms. The van der Waals surface area contributed by atoms with Crippen molar-refractivity contribution in [3.8, 4) is 0 Å². The standard InChI is InChI=1S/C19H17FN4O2/c20-15-5-3-13(4-6-15)10-16-12-21-18(26-16)17-2-1-9-24(17)19(25)14-7-8-22-23-11-14/h3-8,11-12,17H,1-2,9-10H2/t17-/m1/s1. The third-order valence-corrected chi connectivity index (χ3v) is 4.49. The van der Waals surface area contributed by atoms with E-state index in [0.717, 1.165) is 18.4 Å². The highest BCUT2D eigenvalue weighted by Crippen LogP contribution is 2.33. The summed E-state index contributed by atoms with van der Waals surface area (Å²) >= 11 is 0. The van der Waals surface area contributed by atoms with Crippen LogP contribution in [0.2, 0.25) is 0 Å². The van der Waals surface area contributed by atoms with Crippen LogP contribution in [0.4, 0.5) is 4.39 Å². The Morgan fingerprint density at radius 2 is 2.04 bits per heavy atom. The number of hydrogen-bond acceptors (Lipinski definition) is 5. The molecule has 0 spiro atoms. The van der Waals surface area contributed by atoms with Gasteiger partial charge in [0, 0.05) is 13.0 Å². The zero-order valence-electron chi connectivity index (χ0n) is 14.0. The molecular formula is C19H17FN4O2. The van der Waals surface area contributed by atoms with Gasteiger partial charge in [0.1, 0.15) is 17.6 Å². The fourth-order valence-corrected chi connectivity index (χ4v) is 3.21. The summed E-state index contributed by atoms with van der Waals surface area (Å²) in [5.41, 5.74) is 1.45. The van der Waals surface area contributed by atoms with Crippen LogP contribution in [-0.4, -0.2) is 32.5 Å². The average molecular weight is 352 g/mol. The molecular weight excluding hydrogens is 335 g/mol. The Morgan fingerprint density at radius 1 is 1.19 bits per heavy atom. The summed E-state index contributed by atoms with van der Waals surface area (Å²) in [6, 6.07) is 7.76. The van der Waals surface area contributed by atoms with Crippen LogP contribution in [-0.2, 0) is 6.42 Å². The number of carbonyl (C=O) groups excluding carboxylic acids is 1. The van der Waals surface area contributed by atoms with Crippen LogP contribution in [0.3, 0.4) is 0 Å². The second-order valence-corrected chi connectivity index (χ2v) is 6.26. The maximum Gasteiger partial charge on any atom is 0.256 e. The quantitative estimate of drug-likeness (QED) is 0.721. The molecule has 2 aromatic heterocycles. The minimum atomic E-state index is -0.266. The topological polar surface area (TPSA) is 72.1 Å². The molecule has 3 heterocycles. The van der Waals surface area contributed by atoms with Gasteiger partial charge in [-0.25, -0.2) is 9.37 Å². The van der Waals surface area contributed by atoms with Gasteiger partial charge < -0.3 is 9.32 Å². The summed E-state index contributed by atoms with van der Waals surface area (Å²) in [5.74, 6) is 0.866. The Morgan fingerprint density at radius 3 is 2.81 bits per heavy atom. The number of benzene rings is 1. The van der Waals surface area contributed by atoms with Gasteiger partial charge in [0.25, 0.3) is 5.91 Å². The molecule has 0 radical (unpaired) electrons. The van der Waals surface area contributed by atoms with Crippen LogP contribution in [0.1, 0.15) is 46.5 Å². The van der Waals surface area contributed by atoms with Crippen LogP contribution in [0, 0.1) is 5.82 Å². The molecule has 1 aliphatic heterocycles. The Labute approximate surface area is 149 Å². The molecule has 3 aromatic rings. The zero-order valence-corrected chi connectivity index (χ0v) is 14.0. The fraction of sp³-hybridized carbons (Fsp3) is 0.263. The summed E-state index contributed by atoms with van der Waals surface area (Å²) in [7, 11) is 0. The molecule has 1 aromatic carbocycles. The fourth-order valence-electron chi connectivity index (χ4n) is 3.21. The minimum absolute atomic E-state index is 0.0966. The van der Waals surface area contributed by atoms with Gasteiger partial charge in [-0.15, -0.1) is 0 Å². The van der Waals surface area contributed by atoms with Crippen LogP contribution in [0.15, 0.2) is 53.3 Å². The van der Waals surface area contributed by atoms with E-state index in [0.29, 0.717) is 30.2 Å². The predicted molar refractivity (Wildman–Crippen MR) is 90.8 cm³/mol. The van der Waals surface area contributed by atoms with E-state index in [1.54, 1.807) is 29.3 Å². The van der Waals surface area contributed by atoms with E-state index in [2.05, 4.69) is 15.2 Å². The molecule has 0 aliphatic carbocycles. The number of amides is 1. The Hall–Kier alpha value is -3.09. The first kappa shape index (κ1) is 16.4. The predicted octanol–water partition coefficient (Wildman–Crippen LogP) is 3.17. The maximum atomic E-state index is 13.0. The second-order valence-electron chi connectivity index (χ2n) is 6.26. The van der Waals surface area contributed by atoms with Crippen LogP contribution in [0.5, 0.6) is 0 Å². The van der Waals surface area contributed by atoms with Crippen molar-refractivity contribution in [2.75, 3.05) is 6.54 Å². The number of oxazole rings is 1. The number of aromatic nitrogens is 3. The highest BCUT2D eigenvalue weighted by molar-refractivity contribution is 5.94. The van der Waals surface area contributed by atoms with E-state index in [1.807, 2.05) is 0 Å². The number of nitrogens with zero attached hydrogens (tertiary/aromatic N) is 4.